The summed E-state index contributed by atoms with van der Waals surface area (Å²) in [5, 5.41) is 14.4. The van der Waals surface area contributed by atoms with Crippen molar-refractivity contribution in [1.29, 1.82) is 0 Å². The fourth-order valence-electron chi connectivity index (χ4n) is 3.40. The number of fused-ring (bicyclic) bond motifs is 1. The molecule has 4 rings (SSSR count). The van der Waals surface area contributed by atoms with Crippen LogP contribution in [0.3, 0.4) is 0 Å². The number of amides is 1. The van der Waals surface area contributed by atoms with Crippen molar-refractivity contribution in [2.24, 2.45) is 0 Å². The Labute approximate surface area is 191 Å². The maximum Gasteiger partial charge on any atom is 0.234 e. The SMILES string of the molecule is C=CCn1c(COc2ccc3ccccc3c2C)nnc1SCC(=O)Nc1ccccc1. The topological polar surface area (TPSA) is 69.0 Å². The molecule has 1 N–H and O–H groups in total. The van der Waals surface area contributed by atoms with Crippen LogP contribution in [0, 0.1) is 6.92 Å². The van der Waals surface area contributed by atoms with Crippen molar-refractivity contribution < 1.29 is 9.53 Å². The van der Waals surface area contributed by atoms with Gasteiger partial charge in [0, 0.05) is 12.2 Å². The Morgan fingerprint density at radius 3 is 2.69 bits per heavy atom. The Morgan fingerprint density at radius 2 is 1.88 bits per heavy atom. The number of nitrogens with zero attached hydrogens (tertiary/aromatic N) is 3. The van der Waals surface area contributed by atoms with E-state index in [1.807, 2.05) is 53.1 Å². The summed E-state index contributed by atoms with van der Waals surface area (Å²) in [7, 11) is 0. The van der Waals surface area contributed by atoms with Crippen LogP contribution in [-0.2, 0) is 17.9 Å². The number of rotatable bonds is 9. The number of aromatic nitrogens is 3. The number of benzene rings is 3. The lowest BCUT2D eigenvalue weighted by molar-refractivity contribution is -0.113. The number of para-hydroxylation sites is 1. The number of carbonyl (C=O) groups excluding carboxylic acids is 1. The van der Waals surface area contributed by atoms with E-state index in [1.165, 1.54) is 22.5 Å². The first kappa shape index (κ1) is 21.6. The Morgan fingerprint density at radius 1 is 1.09 bits per heavy atom. The molecule has 4 aromatic rings. The van der Waals surface area contributed by atoms with Crippen LogP contribution < -0.4 is 10.1 Å². The van der Waals surface area contributed by atoms with Crippen molar-refractivity contribution in [3.8, 4) is 5.75 Å². The maximum absolute atomic E-state index is 12.3. The maximum atomic E-state index is 12.3. The molecule has 0 fully saturated rings. The van der Waals surface area contributed by atoms with Crippen molar-refractivity contribution in [2.45, 2.75) is 25.2 Å². The Kier molecular flexibility index (Phi) is 6.87. The molecule has 32 heavy (non-hydrogen) atoms. The van der Waals surface area contributed by atoms with E-state index in [0.717, 1.165) is 17.0 Å². The normalized spacial score (nSPS) is 10.8. The predicted molar refractivity (Wildman–Crippen MR) is 129 cm³/mol. The minimum atomic E-state index is -0.0982. The average molecular weight is 445 g/mol. The summed E-state index contributed by atoms with van der Waals surface area (Å²) in [5.74, 6) is 1.63. The van der Waals surface area contributed by atoms with Gasteiger partial charge in [0.2, 0.25) is 5.91 Å². The Hall–Kier alpha value is -3.58. The monoisotopic (exact) mass is 444 g/mol. The van der Waals surface area contributed by atoms with Crippen LogP contribution in [0.2, 0.25) is 0 Å². The second-order valence-electron chi connectivity index (χ2n) is 7.20. The zero-order valence-corrected chi connectivity index (χ0v) is 18.6. The molecule has 0 bridgehead atoms. The smallest absolute Gasteiger partial charge is 0.234 e. The van der Waals surface area contributed by atoms with Gasteiger partial charge in [0.25, 0.3) is 0 Å². The third-order valence-corrected chi connectivity index (χ3v) is 5.97. The number of ether oxygens (including phenoxy) is 1. The molecule has 0 saturated carbocycles. The van der Waals surface area contributed by atoms with Gasteiger partial charge in [0.15, 0.2) is 11.0 Å². The van der Waals surface area contributed by atoms with Gasteiger partial charge in [0.05, 0.1) is 5.75 Å². The molecule has 7 heteroatoms. The molecule has 0 radical (unpaired) electrons. The molecule has 3 aromatic carbocycles. The minimum absolute atomic E-state index is 0.0982. The number of thioether (sulfide) groups is 1. The first-order valence-corrected chi connectivity index (χ1v) is 11.3. The van der Waals surface area contributed by atoms with Gasteiger partial charge in [-0.15, -0.1) is 16.8 Å². The molecular formula is C25H24N4O2S. The Balaban J connectivity index is 1.43. The van der Waals surface area contributed by atoms with E-state index < -0.39 is 0 Å². The molecule has 0 aliphatic heterocycles. The third-order valence-electron chi connectivity index (χ3n) is 5.00. The lowest BCUT2D eigenvalue weighted by Crippen LogP contribution is -2.15. The number of carbonyl (C=O) groups is 1. The highest BCUT2D eigenvalue weighted by atomic mass is 32.2. The van der Waals surface area contributed by atoms with Crippen molar-refractivity contribution in [3.05, 3.63) is 90.8 Å². The standard InChI is InChI=1S/C25H24N4O2S/c1-3-15-29-23(16-31-22-14-13-19-9-7-8-12-21(19)18(22)2)27-28-25(29)32-17-24(30)26-20-10-5-4-6-11-20/h3-14H,1,15-17H2,2H3,(H,26,30). The van der Waals surface area contributed by atoms with Crippen LogP contribution in [0.1, 0.15) is 11.4 Å². The van der Waals surface area contributed by atoms with E-state index in [4.69, 9.17) is 4.74 Å². The number of nitrogens with one attached hydrogen (secondary N) is 1. The Bertz CT molecular complexity index is 1240. The van der Waals surface area contributed by atoms with Crippen molar-refractivity contribution in [1.82, 2.24) is 14.8 Å². The molecule has 0 unspecified atom stereocenters. The van der Waals surface area contributed by atoms with Gasteiger partial charge in [0.1, 0.15) is 12.4 Å². The van der Waals surface area contributed by atoms with E-state index >= 15 is 0 Å². The van der Waals surface area contributed by atoms with Crippen molar-refractivity contribution in [3.63, 3.8) is 0 Å². The summed E-state index contributed by atoms with van der Waals surface area (Å²) in [5.41, 5.74) is 1.86. The summed E-state index contributed by atoms with van der Waals surface area (Å²) in [6.45, 7) is 6.69. The molecular weight excluding hydrogens is 420 g/mol. The number of aryl methyl sites for hydroxylation is 1. The van der Waals surface area contributed by atoms with Crippen LogP contribution in [0.15, 0.2) is 84.5 Å². The summed E-state index contributed by atoms with van der Waals surface area (Å²) in [6.07, 6.45) is 1.78. The first-order valence-electron chi connectivity index (χ1n) is 10.3. The van der Waals surface area contributed by atoms with Gasteiger partial charge in [-0.3, -0.25) is 9.36 Å². The largest absolute Gasteiger partial charge is 0.485 e. The van der Waals surface area contributed by atoms with Gasteiger partial charge in [-0.2, -0.15) is 0 Å². The van der Waals surface area contributed by atoms with E-state index in [-0.39, 0.29) is 18.3 Å². The molecule has 162 valence electrons. The molecule has 0 aliphatic carbocycles. The highest BCUT2D eigenvalue weighted by molar-refractivity contribution is 7.99. The lowest BCUT2D eigenvalue weighted by Gasteiger charge is -2.12. The zero-order chi connectivity index (χ0) is 22.3. The van der Waals surface area contributed by atoms with E-state index in [2.05, 4.69) is 47.2 Å². The van der Waals surface area contributed by atoms with Gasteiger partial charge < -0.3 is 10.1 Å². The van der Waals surface area contributed by atoms with Crippen LogP contribution >= 0.6 is 11.8 Å². The highest BCUT2D eigenvalue weighted by Crippen LogP contribution is 2.28. The minimum Gasteiger partial charge on any atom is -0.485 e. The average Bonchev–Trinajstić information content (AvgIpc) is 3.20. The molecule has 1 amide bonds. The van der Waals surface area contributed by atoms with Gasteiger partial charge in [-0.1, -0.05) is 66.4 Å². The lowest BCUT2D eigenvalue weighted by atomic mass is 10.0. The fraction of sp³-hybridized carbons (Fsp3) is 0.160. The number of hydrogen-bond donors (Lipinski definition) is 1. The summed E-state index contributed by atoms with van der Waals surface area (Å²) < 4.78 is 8.01. The predicted octanol–water partition coefficient (Wildman–Crippen LogP) is 5.24. The molecule has 0 aliphatic rings. The third kappa shape index (κ3) is 5.00. The number of hydrogen-bond acceptors (Lipinski definition) is 5. The van der Waals surface area contributed by atoms with E-state index in [1.54, 1.807) is 6.08 Å². The number of allylic oxidation sites excluding steroid dienone is 1. The van der Waals surface area contributed by atoms with Crippen molar-refractivity contribution >= 4 is 34.1 Å². The van der Waals surface area contributed by atoms with E-state index in [0.29, 0.717) is 17.5 Å². The van der Waals surface area contributed by atoms with Gasteiger partial charge in [-0.05, 0) is 41.5 Å². The molecule has 0 atom stereocenters. The zero-order valence-electron chi connectivity index (χ0n) is 17.8. The molecule has 6 nitrogen and oxygen atoms in total. The van der Waals surface area contributed by atoms with Crippen LogP contribution in [0.5, 0.6) is 5.75 Å². The van der Waals surface area contributed by atoms with E-state index in [9.17, 15) is 4.79 Å². The molecule has 0 saturated heterocycles. The first-order chi connectivity index (χ1) is 15.7. The van der Waals surface area contributed by atoms with Gasteiger partial charge in [-0.25, -0.2) is 0 Å². The van der Waals surface area contributed by atoms with Gasteiger partial charge >= 0.3 is 0 Å². The summed E-state index contributed by atoms with van der Waals surface area (Å²) in [6, 6.07) is 21.6. The molecule has 1 heterocycles. The summed E-state index contributed by atoms with van der Waals surface area (Å²) in [4.78, 5) is 12.3. The number of anilines is 1. The highest BCUT2D eigenvalue weighted by Gasteiger charge is 2.15. The second-order valence-corrected chi connectivity index (χ2v) is 8.14. The summed E-state index contributed by atoms with van der Waals surface area (Å²) >= 11 is 1.34. The molecule has 1 aromatic heterocycles. The fourth-order valence-corrected chi connectivity index (χ4v) is 4.17. The van der Waals surface area contributed by atoms with Crippen LogP contribution in [0.4, 0.5) is 5.69 Å². The molecule has 0 spiro atoms. The van der Waals surface area contributed by atoms with Crippen molar-refractivity contribution in [2.75, 3.05) is 11.1 Å². The quantitative estimate of drug-likeness (QED) is 0.283. The second kappa shape index (κ2) is 10.2. The van der Waals surface area contributed by atoms with Crippen LogP contribution in [-0.4, -0.2) is 26.4 Å². The van der Waals surface area contributed by atoms with Crippen LogP contribution in [0.25, 0.3) is 10.8 Å².